The molecular formula is C12H16N2O4S. The summed E-state index contributed by atoms with van der Waals surface area (Å²) in [5, 5.41) is 11.2. The first-order valence-electron chi connectivity index (χ1n) is 5.82. The van der Waals surface area contributed by atoms with Gasteiger partial charge in [0.05, 0.1) is 12.0 Å². The molecule has 0 amide bonds. The minimum atomic E-state index is -0.597. The largest absolute Gasteiger partial charge is 0.464 e. The number of pyridine rings is 1. The van der Waals surface area contributed by atoms with Gasteiger partial charge in [0.15, 0.2) is 5.03 Å². The lowest BCUT2D eigenvalue weighted by atomic mass is 10.2. The molecule has 0 aliphatic heterocycles. The van der Waals surface area contributed by atoms with Crippen LogP contribution < -0.4 is 0 Å². The molecule has 0 bridgehead atoms. The molecule has 0 N–H and O–H groups in total. The third-order valence-electron chi connectivity index (χ3n) is 2.37. The molecule has 0 atom stereocenters. The highest BCUT2D eigenvalue weighted by Gasteiger charge is 2.19. The average Bonchev–Trinajstić information content (AvgIpc) is 2.37. The van der Waals surface area contributed by atoms with Crippen molar-refractivity contribution in [3.05, 3.63) is 27.9 Å². The van der Waals surface area contributed by atoms with Crippen LogP contribution >= 0.6 is 11.8 Å². The van der Waals surface area contributed by atoms with Crippen molar-refractivity contribution in [2.75, 3.05) is 12.9 Å². The molecule has 19 heavy (non-hydrogen) atoms. The quantitative estimate of drug-likeness (QED) is 0.346. The maximum atomic E-state index is 11.4. The first-order valence-corrected chi connectivity index (χ1v) is 6.80. The topological polar surface area (TPSA) is 82.3 Å². The Morgan fingerprint density at radius 2 is 2.21 bits per heavy atom. The van der Waals surface area contributed by atoms with Gasteiger partial charge in [-0.3, -0.25) is 10.1 Å². The lowest BCUT2D eigenvalue weighted by Crippen LogP contribution is -2.06. The van der Waals surface area contributed by atoms with Crippen LogP contribution in [0.4, 0.5) is 5.69 Å². The van der Waals surface area contributed by atoms with E-state index in [1.807, 2.05) is 0 Å². The van der Waals surface area contributed by atoms with E-state index >= 15 is 0 Å². The van der Waals surface area contributed by atoms with Crippen molar-refractivity contribution in [3.63, 3.8) is 0 Å². The van der Waals surface area contributed by atoms with E-state index in [4.69, 9.17) is 0 Å². The Labute approximate surface area is 115 Å². The molecule has 0 aliphatic carbocycles. The van der Waals surface area contributed by atoms with Gasteiger partial charge in [-0.05, 0) is 24.2 Å². The third kappa shape index (κ3) is 4.51. The highest BCUT2D eigenvalue weighted by Crippen LogP contribution is 2.28. The number of carbonyl (C=O) groups is 1. The zero-order valence-electron chi connectivity index (χ0n) is 11.1. The van der Waals surface area contributed by atoms with Crippen molar-refractivity contribution < 1.29 is 14.5 Å². The van der Waals surface area contributed by atoms with Gasteiger partial charge in [-0.2, -0.15) is 0 Å². The van der Waals surface area contributed by atoms with E-state index in [0.717, 1.165) is 12.2 Å². The summed E-state index contributed by atoms with van der Waals surface area (Å²) in [5.41, 5.74) is 0.00144. The molecule has 7 heteroatoms. The third-order valence-corrected chi connectivity index (χ3v) is 3.38. The molecule has 0 spiro atoms. The molecule has 0 unspecified atom stereocenters. The molecule has 104 valence electrons. The van der Waals surface area contributed by atoms with E-state index in [2.05, 4.69) is 23.6 Å². The number of aromatic nitrogens is 1. The van der Waals surface area contributed by atoms with E-state index in [1.54, 1.807) is 0 Å². The summed E-state index contributed by atoms with van der Waals surface area (Å²) in [6.45, 7) is 4.15. The second-order valence-electron chi connectivity index (χ2n) is 4.30. The lowest BCUT2D eigenvalue weighted by Gasteiger charge is -2.06. The van der Waals surface area contributed by atoms with Gasteiger partial charge in [-0.25, -0.2) is 9.78 Å². The van der Waals surface area contributed by atoms with E-state index in [0.29, 0.717) is 5.92 Å². The Morgan fingerprint density at radius 1 is 1.53 bits per heavy atom. The Morgan fingerprint density at radius 3 is 2.74 bits per heavy atom. The highest BCUT2D eigenvalue weighted by molar-refractivity contribution is 7.99. The van der Waals surface area contributed by atoms with Gasteiger partial charge < -0.3 is 4.74 Å². The van der Waals surface area contributed by atoms with Crippen molar-refractivity contribution >= 4 is 23.4 Å². The number of nitrogens with zero attached hydrogens (tertiary/aromatic N) is 2. The highest BCUT2D eigenvalue weighted by atomic mass is 32.2. The molecule has 0 fully saturated rings. The van der Waals surface area contributed by atoms with Crippen LogP contribution in [0.1, 0.15) is 30.8 Å². The van der Waals surface area contributed by atoms with Crippen molar-refractivity contribution in [2.45, 2.75) is 25.3 Å². The van der Waals surface area contributed by atoms with Gasteiger partial charge in [-0.1, -0.05) is 25.6 Å². The molecule has 6 nitrogen and oxygen atoms in total. The van der Waals surface area contributed by atoms with Gasteiger partial charge in [0.1, 0.15) is 5.69 Å². The molecule has 0 saturated carbocycles. The number of methoxy groups -OCH3 is 1. The summed E-state index contributed by atoms with van der Waals surface area (Å²) in [6.07, 6.45) is 0.923. The second-order valence-corrected chi connectivity index (χ2v) is 5.38. The zero-order valence-corrected chi connectivity index (χ0v) is 11.9. The summed E-state index contributed by atoms with van der Waals surface area (Å²) >= 11 is 1.29. The summed E-state index contributed by atoms with van der Waals surface area (Å²) in [6, 6.07) is 2.59. The van der Waals surface area contributed by atoms with Crippen molar-refractivity contribution in [1.82, 2.24) is 4.98 Å². The fourth-order valence-electron chi connectivity index (χ4n) is 1.29. The Hall–Kier alpha value is -1.63. The lowest BCUT2D eigenvalue weighted by molar-refractivity contribution is -0.388. The number of thioether (sulfide) groups is 1. The van der Waals surface area contributed by atoms with Gasteiger partial charge >= 0.3 is 11.7 Å². The minimum Gasteiger partial charge on any atom is -0.464 e. The van der Waals surface area contributed by atoms with E-state index in [1.165, 1.54) is 31.0 Å². The SMILES string of the molecule is COC(=O)c1ccc([N+](=O)[O-])c(SCCC(C)C)n1. The number of ether oxygens (including phenoxy) is 1. The summed E-state index contributed by atoms with van der Waals surface area (Å²) in [5.74, 6) is 0.631. The van der Waals surface area contributed by atoms with Crippen molar-refractivity contribution in [2.24, 2.45) is 5.92 Å². The first kappa shape index (κ1) is 15.4. The predicted molar refractivity (Wildman–Crippen MR) is 72.4 cm³/mol. The summed E-state index contributed by atoms with van der Waals surface area (Å²) < 4.78 is 4.55. The zero-order chi connectivity index (χ0) is 14.4. The Kier molecular flexibility index (Phi) is 5.75. The molecule has 1 rings (SSSR count). The molecule has 1 heterocycles. The number of nitro groups is 1. The molecular weight excluding hydrogens is 268 g/mol. The van der Waals surface area contributed by atoms with E-state index < -0.39 is 10.9 Å². The molecule has 0 radical (unpaired) electrons. The minimum absolute atomic E-state index is 0.0820. The van der Waals surface area contributed by atoms with Gasteiger partial charge in [0.25, 0.3) is 0 Å². The maximum absolute atomic E-state index is 11.4. The average molecular weight is 284 g/mol. The van der Waals surface area contributed by atoms with E-state index in [-0.39, 0.29) is 16.4 Å². The monoisotopic (exact) mass is 284 g/mol. The van der Waals surface area contributed by atoms with Crippen LogP contribution in [0.2, 0.25) is 0 Å². The van der Waals surface area contributed by atoms with Crippen LogP contribution in [-0.4, -0.2) is 28.7 Å². The fraction of sp³-hybridized carbons (Fsp3) is 0.500. The number of rotatable bonds is 6. The van der Waals surface area contributed by atoms with Crippen LogP contribution in [0.5, 0.6) is 0 Å². The molecule has 0 aromatic carbocycles. The van der Waals surface area contributed by atoms with Gasteiger partial charge in [0, 0.05) is 6.07 Å². The second kappa shape index (κ2) is 7.08. The molecule has 0 saturated heterocycles. The van der Waals surface area contributed by atoms with Crippen molar-refractivity contribution in [1.29, 1.82) is 0 Å². The standard InChI is InChI=1S/C12H16N2O4S/c1-8(2)6-7-19-11-10(14(16)17)5-4-9(13-11)12(15)18-3/h4-5,8H,6-7H2,1-3H3. The van der Waals surface area contributed by atoms with Crippen molar-refractivity contribution in [3.8, 4) is 0 Å². The predicted octanol–water partition coefficient (Wildman–Crippen LogP) is 2.91. The van der Waals surface area contributed by atoms with Crippen LogP contribution in [-0.2, 0) is 4.74 Å². The molecule has 1 aromatic rings. The molecule has 0 aliphatic rings. The van der Waals surface area contributed by atoms with Crippen LogP contribution in [0.15, 0.2) is 17.2 Å². The first-order chi connectivity index (χ1) is 8.95. The maximum Gasteiger partial charge on any atom is 0.356 e. The number of esters is 1. The van der Waals surface area contributed by atoms with Gasteiger partial charge in [-0.15, -0.1) is 0 Å². The smallest absolute Gasteiger partial charge is 0.356 e. The number of hydrogen-bond acceptors (Lipinski definition) is 6. The summed E-state index contributed by atoms with van der Waals surface area (Å²) in [4.78, 5) is 25.8. The Bertz CT molecular complexity index is 477. The van der Waals surface area contributed by atoms with Crippen LogP contribution in [0, 0.1) is 16.0 Å². The van der Waals surface area contributed by atoms with Crippen LogP contribution in [0.3, 0.4) is 0 Å². The summed E-state index contributed by atoms with van der Waals surface area (Å²) in [7, 11) is 1.25. The van der Waals surface area contributed by atoms with Gasteiger partial charge in [0.2, 0.25) is 0 Å². The molecule has 1 aromatic heterocycles. The van der Waals surface area contributed by atoms with E-state index in [9.17, 15) is 14.9 Å². The normalized spacial score (nSPS) is 10.5. The Balaban J connectivity index is 2.95. The fourth-order valence-corrected chi connectivity index (χ4v) is 2.52. The number of hydrogen-bond donors (Lipinski definition) is 0. The number of carbonyl (C=O) groups excluding carboxylic acids is 1. The van der Waals surface area contributed by atoms with Crippen LogP contribution in [0.25, 0.3) is 0 Å².